The second-order valence-electron chi connectivity index (χ2n) is 8.20. The van der Waals surface area contributed by atoms with Crippen LogP contribution in [0.15, 0.2) is 0 Å². The van der Waals surface area contributed by atoms with E-state index >= 15 is 0 Å². The van der Waals surface area contributed by atoms with Gasteiger partial charge in [-0.2, -0.15) is 55.7 Å². The van der Waals surface area contributed by atoms with Crippen LogP contribution in [0.3, 0.4) is 0 Å². The van der Waals surface area contributed by atoms with Crippen LogP contribution in [-0.2, 0) is 51.9 Å². The first kappa shape index (κ1) is 47.0. The van der Waals surface area contributed by atoms with Crippen LogP contribution in [0.4, 0.5) is 0 Å². The second kappa shape index (κ2) is 34.2. The van der Waals surface area contributed by atoms with E-state index in [1.165, 1.54) is 0 Å². The molecular formula is C27H53O4S4Y-. The van der Waals surface area contributed by atoms with E-state index in [1.807, 2.05) is 27.7 Å². The van der Waals surface area contributed by atoms with Crippen molar-refractivity contribution >= 4 is 71.9 Å². The summed E-state index contributed by atoms with van der Waals surface area (Å²) in [5, 5.41) is 1.02. The number of thioether (sulfide) groups is 2. The fourth-order valence-electron chi connectivity index (χ4n) is 2.68. The maximum Gasteiger partial charge on any atom is 0.135 e. The number of hydrogen-bond donors (Lipinski definition) is 2. The molecule has 0 spiro atoms. The van der Waals surface area contributed by atoms with Crippen molar-refractivity contribution in [2.24, 2.45) is 23.7 Å². The van der Waals surface area contributed by atoms with Crippen LogP contribution in [0.25, 0.3) is 0 Å². The molecule has 0 heterocycles. The Kier molecular flexibility index (Phi) is 44.7. The first-order valence-electron chi connectivity index (χ1n) is 12.4. The first-order chi connectivity index (χ1) is 16.5. The van der Waals surface area contributed by atoms with Gasteiger partial charge in [0, 0.05) is 80.1 Å². The fourth-order valence-corrected chi connectivity index (χ4v) is 4.86. The quantitative estimate of drug-likeness (QED) is 0.0729. The van der Waals surface area contributed by atoms with Crippen molar-refractivity contribution in [2.75, 3.05) is 29.1 Å². The maximum atomic E-state index is 11.7. The van der Waals surface area contributed by atoms with E-state index < -0.39 is 0 Å². The van der Waals surface area contributed by atoms with E-state index in [-0.39, 0.29) is 73.7 Å². The fraction of sp³-hybridized carbons (Fsp3) is 0.815. The van der Waals surface area contributed by atoms with Crippen molar-refractivity contribution in [2.45, 2.75) is 87.0 Å². The summed E-state index contributed by atoms with van der Waals surface area (Å²) in [5.74, 6) is 2.59. The van der Waals surface area contributed by atoms with Gasteiger partial charge >= 0.3 is 0 Å². The van der Waals surface area contributed by atoms with Gasteiger partial charge in [0.15, 0.2) is 0 Å². The van der Waals surface area contributed by atoms with Gasteiger partial charge in [0.2, 0.25) is 0 Å². The third-order valence-electron chi connectivity index (χ3n) is 5.69. The number of carbonyl (C=O) groups is 4. The summed E-state index contributed by atoms with van der Waals surface area (Å²) in [6.45, 7) is 16.1. The summed E-state index contributed by atoms with van der Waals surface area (Å²) in [6, 6.07) is 0. The van der Waals surface area contributed by atoms with Gasteiger partial charge < -0.3 is 6.92 Å². The minimum atomic E-state index is -0.0497. The third-order valence-corrected chi connectivity index (χ3v) is 8.38. The molecule has 0 saturated heterocycles. The number of Topliss-reactive ketones (excluding diaryl/α,β-unsaturated/α-hetero) is 4. The smallest absolute Gasteiger partial charge is 0.135 e. The minimum Gasteiger partial charge on any atom is -0.346 e. The summed E-state index contributed by atoms with van der Waals surface area (Å²) < 4.78 is 0. The van der Waals surface area contributed by atoms with Crippen LogP contribution >= 0.6 is 48.8 Å². The summed E-state index contributed by atoms with van der Waals surface area (Å²) >= 11 is 11.2. The average molecular weight is 659 g/mol. The molecule has 0 bridgehead atoms. The van der Waals surface area contributed by atoms with E-state index in [2.05, 4.69) is 38.4 Å². The molecule has 0 saturated carbocycles. The molecule has 4 atom stereocenters. The number of rotatable bonds is 17. The SMILES string of the molecule is CC[C@@H](C)C(=O)CC[C@@H](CS)C(C)=O.CC[C@@H](C)C(=O)CC[C@@H](CSCSC)C(C)=O.CS.[CH2-]C.[Y]. The zero-order valence-corrected chi connectivity index (χ0v) is 30.6. The van der Waals surface area contributed by atoms with Gasteiger partial charge in [-0.15, -0.1) is 0 Å². The van der Waals surface area contributed by atoms with Crippen LogP contribution in [0, 0.1) is 30.6 Å². The Hall–Kier alpha value is 1.18. The van der Waals surface area contributed by atoms with Crippen molar-refractivity contribution in [1.82, 2.24) is 0 Å². The van der Waals surface area contributed by atoms with E-state index in [9.17, 15) is 19.2 Å². The standard InChI is InChI=1S/C13H24O2S2.C11H20O2S.C2H5.CH4S.Y/c1-5-10(2)13(15)7-6-12(11(3)14)8-17-9-16-4;1-4-8(2)11(13)6-5-10(7-14)9(3)12;2*1-2;/h10,12H,5-9H2,1-4H3;8,10,14H,4-7H2,1-3H3;1H2,2H3;2H,1H3;/q;;-1;;/t10-,12+;8-,10+;;;/m11.../s1. The van der Waals surface area contributed by atoms with Gasteiger partial charge in [-0.05, 0) is 57.8 Å². The molecule has 0 aromatic carbocycles. The zero-order chi connectivity index (χ0) is 28.4. The van der Waals surface area contributed by atoms with Gasteiger partial charge in [0.05, 0.1) is 0 Å². The molecule has 0 fully saturated rings. The number of hydrogen-bond acceptors (Lipinski definition) is 8. The number of thiol groups is 2. The Balaban J connectivity index is -0.000000154. The molecule has 213 valence electrons. The van der Waals surface area contributed by atoms with Crippen molar-refractivity contribution < 1.29 is 51.9 Å². The van der Waals surface area contributed by atoms with Gasteiger partial charge in [-0.1, -0.05) is 27.7 Å². The Morgan fingerprint density at radius 3 is 1.44 bits per heavy atom. The molecule has 0 aromatic rings. The predicted molar refractivity (Wildman–Crippen MR) is 166 cm³/mol. The average Bonchev–Trinajstić information content (AvgIpc) is 2.87. The van der Waals surface area contributed by atoms with Gasteiger partial charge in [0.1, 0.15) is 23.1 Å². The van der Waals surface area contributed by atoms with Crippen LogP contribution < -0.4 is 0 Å². The third kappa shape index (κ3) is 28.2. The zero-order valence-electron chi connectivity index (χ0n) is 24.3. The first-order valence-corrected chi connectivity index (χ1v) is 16.5. The normalized spacial score (nSPS) is 12.9. The van der Waals surface area contributed by atoms with E-state index in [0.29, 0.717) is 30.8 Å². The second-order valence-corrected chi connectivity index (χ2v) is 10.8. The molecule has 0 aliphatic heterocycles. The molecular weight excluding hydrogens is 605 g/mol. The maximum absolute atomic E-state index is 11.7. The predicted octanol–water partition coefficient (Wildman–Crippen LogP) is 7.54. The monoisotopic (exact) mass is 658 g/mol. The molecule has 0 N–H and O–H groups in total. The topological polar surface area (TPSA) is 68.3 Å². The van der Waals surface area contributed by atoms with E-state index in [0.717, 1.165) is 30.1 Å². The molecule has 1 radical (unpaired) electrons. The Bertz CT molecular complexity index is 548. The van der Waals surface area contributed by atoms with E-state index in [4.69, 9.17) is 0 Å². The molecule has 0 unspecified atom stereocenters. The molecule has 0 aromatic heterocycles. The van der Waals surface area contributed by atoms with Gasteiger partial charge in [-0.25, -0.2) is 0 Å². The molecule has 0 rings (SSSR count). The van der Waals surface area contributed by atoms with Crippen LogP contribution in [0.1, 0.15) is 87.0 Å². The number of carbonyl (C=O) groups excluding carboxylic acids is 4. The number of ketones is 4. The van der Waals surface area contributed by atoms with Crippen LogP contribution in [0.5, 0.6) is 0 Å². The van der Waals surface area contributed by atoms with Crippen LogP contribution in [-0.4, -0.2) is 52.2 Å². The Morgan fingerprint density at radius 2 is 1.17 bits per heavy atom. The van der Waals surface area contributed by atoms with Crippen molar-refractivity contribution in [3.05, 3.63) is 6.92 Å². The summed E-state index contributed by atoms with van der Waals surface area (Å²) in [7, 11) is 0. The molecule has 0 aliphatic carbocycles. The molecule has 0 amide bonds. The van der Waals surface area contributed by atoms with Crippen molar-refractivity contribution in [3.63, 3.8) is 0 Å². The summed E-state index contributed by atoms with van der Waals surface area (Å²) in [4.78, 5) is 45.7. The summed E-state index contributed by atoms with van der Waals surface area (Å²) in [5.41, 5.74) is 0. The molecule has 4 nitrogen and oxygen atoms in total. The Labute approximate surface area is 268 Å². The van der Waals surface area contributed by atoms with Crippen molar-refractivity contribution in [1.29, 1.82) is 0 Å². The van der Waals surface area contributed by atoms with Crippen molar-refractivity contribution in [3.8, 4) is 0 Å². The van der Waals surface area contributed by atoms with Gasteiger partial charge in [0.25, 0.3) is 0 Å². The molecule has 36 heavy (non-hydrogen) atoms. The van der Waals surface area contributed by atoms with Crippen LogP contribution in [0.2, 0.25) is 0 Å². The largest absolute Gasteiger partial charge is 0.346 e. The minimum absolute atomic E-state index is 0. The van der Waals surface area contributed by atoms with E-state index in [1.54, 1.807) is 50.6 Å². The molecule has 0 aliphatic rings. The van der Waals surface area contributed by atoms with Gasteiger partial charge in [-0.3, -0.25) is 19.2 Å². The molecule has 9 heteroatoms. The summed E-state index contributed by atoms with van der Waals surface area (Å²) in [6.07, 6.45) is 7.97. The Morgan fingerprint density at radius 1 is 0.806 bits per heavy atom.